The van der Waals surface area contributed by atoms with Gasteiger partial charge in [-0.25, -0.2) is 4.79 Å². The summed E-state index contributed by atoms with van der Waals surface area (Å²) in [6, 6.07) is 10.1. The number of nitrogens with two attached hydrogens (primary N) is 1. The zero-order valence-corrected chi connectivity index (χ0v) is 12.3. The van der Waals surface area contributed by atoms with E-state index in [1.165, 1.54) is 5.56 Å². The van der Waals surface area contributed by atoms with Crippen molar-refractivity contribution in [2.45, 2.75) is 16.7 Å². The molecule has 0 radical (unpaired) electrons. The van der Waals surface area contributed by atoms with Crippen LogP contribution in [0.5, 0.6) is 5.88 Å². The average molecular weight is 304 g/mol. The maximum Gasteiger partial charge on any atom is 0.411 e. The topological polar surface area (TPSA) is 68.1 Å². The second-order valence-electron chi connectivity index (χ2n) is 4.28. The lowest BCUT2D eigenvalue weighted by molar-refractivity contribution is 0.208. The van der Waals surface area contributed by atoms with Crippen molar-refractivity contribution < 1.29 is 9.53 Å². The van der Waals surface area contributed by atoms with Gasteiger partial charge in [-0.05, 0) is 30.5 Å². The van der Waals surface area contributed by atoms with Crippen molar-refractivity contribution in [3.63, 3.8) is 0 Å². The SMILES string of the molecule is Cc1ccc(Sc2c(OC(N)=O)[nH]c3ccsc23)cc1. The van der Waals surface area contributed by atoms with Gasteiger partial charge in [-0.3, -0.25) is 0 Å². The Bertz CT molecular complexity index is 759. The second kappa shape index (κ2) is 5.22. The molecule has 3 rings (SSSR count). The quantitative estimate of drug-likeness (QED) is 0.764. The first-order valence-electron chi connectivity index (χ1n) is 5.94. The highest BCUT2D eigenvalue weighted by molar-refractivity contribution is 7.99. The number of primary amides is 1. The van der Waals surface area contributed by atoms with Crippen LogP contribution < -0.4 is 10.5 Å². The maximum atomic E-state index is 11.0. The van der Waals surface area contributed by atoms with Crippen LogP contribution >= 0.6 is 23.1 Å². The van der Waals surface area contributed by atoms with Crippen LogP contribution in [0, 0.1) is 6.92 Å². The molecule has 0 aliphatic rings. The van der Waals surface area contributed by atoms with Crippen LogP contribution in [0.2, 0.25) is 0 Å². The third-order valence-corrected chi connectivity index (χ3v) is 4.93. The number of hydrogen-bond donors (Lipinski definition) is 2. The molecule has 2 heterocycles. The number of carbonyl (C=O) groups excluding carboxylic acids is 1. The van der Waals surface area contributed by atoms with Crippen LogP contribution in [-0.4, -0.2) is 11.1 Å². The lowest BCUT2D eigenvalue weighted by Gasteiger charge is -2.04. The molecule has 1 aromatic carbocycles. The van der Waals surface area contributed by atoms with Crippen molar-refractivity contribution in [3.05, 3.63) is 41.3 Å². The van der Waals surface area contributed by atoms with Crippen molar-refractivity contribution in [2.75, 3.05) is 0 Å². The van der Waals surface area contributed by atoms with Crippen LogP contribution in [0.3, 0.4) is 0 Å². The van der Waals surface area contributed by atoms with Crippen molar-refractivity contribution >= 4 is 39.4 Å². The zero-order chi connectivity index (χ0) is 14.1. The number of aryl methyl sites for hydroxylation is 1. The molecule has 0 bridgehead atoms. The smallest absolute Gasteiger partial charge is 0.392 e. The molecule has 0 spiro atoms. The van der Waals surface area contributed by atoms with E-state index in [4.69, 9.17) is 10.5 Å². The summed E-state index contributed by atoms with van der Waals surface area (Å²) in [5.74, 6) is 0.407. The minimum absolute atomic E-state index is 0.407. The summed E-state index contributed by atoms with van der Waals surface area (Å²) in [6.45, 7) is 2.05. The first-order valence-corrected chi connectivity index (χ1v) is 7.64. The number of nitrogens with one attached hydrogen (secondary N) is 1. The molecule has 1 amide bonds. The van der Waals surface area contributed by atoms with Crippen molar-refractivity contribution in [1.82, 2.24) is 4.98 Å². The number of fused-ring (bicyclic) bond motifs is 1. The van der Waals surface area contributed by atoms with Crippen LogP contribution in [0.25, 0.3) is 10.2 Å². The number of H-pyrrole nitrogens is 1. The number of hydrogen-bond acceptors (Lipinski definition) is 4. The molecular formula is C14H12N2O2S2. The summed E-state index contributed by atoms with van der Waals surface area (Å²) in [4.78, 5) is 16.0. The molecule has 0 atom stereocenters. The fourth-order valence-corrected chi connectivity index (χ4v) is 3.81. The Labute approximate surface area is 123 Å². The first-order chi connectivity index (χ1) is 9.63. The molecular weight excluding hydrogens is 292 g/mol. The molecule has 0 saturated carbocycles. The van der Waals surface area contributed by atoms with E-state index in [9.17, 15) is 4.79 Å². The number of ether oxygens (including phenoxy) is 1. The van der Waals surface area contributed by atoms with E-state index in [2.05, 4.69) is 17.1 Å². The van der Waals surface area contributed by atoms with E-state index >= 15 is 0 Å². The first kappa shape index (κ1) is 13.1. The number of rotatable bonds is 3. The van der Waals surface area contributed by atoms with E-state index in [1.807, 2.05) is 30.5 Å². The Morgan fingerprint density at radius 2 is 2.05 bits per heavy atom. The third-order valence-electron chi connectivity index (χ3n) is 2.77. The number of aromatic nitrogens is 1. The van der Waals surface area contributed by atoms with Crippen LogP contribution in [0.4, 0.5) is 4.79 Å². The molecule has 3 aromatic rings. The van der Waals surface area contributed by atoms with Gasteiger partial charge < -0.3 is 15.5 Å². The minimum atomic E-state index is -0.815. The maximum absolute atomic E-state index is 11.0. The Kier molecular flexibility index (Phi) is 3.42. The van der Waals surface area contributed by atoms with E-state index < -0.39 is 6.09 Å². The number of aromatic amines is 1. The van der Waals surface area contributed by atoms with Gasteiger partial charge in [0.05, 0.1) is 15.1 Å². The molecule has 3 N–H and O–H groups in total. The molecule has 4 nitrogen and oxygen atoms in total. The fraction of sp³-hybridized carbons (Fsp3) is 0.0714. The van der Waals surface area contributed by atoms with Crippen molar-refractivity contribution in [1.29, 1.82) is 0 Å². The summed E-state index contributed by atoms with van der Waals surface area (Å²) in [6.07, 6.45) is -0.815. The van der Waals surface area contributed by atoms with Crippen LogP contribution in [0.1, 0.15) is 5.56 Å². The van der Waals surface area contributed by atoms with E-state index in [0.29, 0.717) is 5.88 Å². The second-order valence-corrected chi connectivity index (χ2v) is 6.28. The molecule has 0 unspecified atom stereocenters. The third kappa shape index (κ3) is 2.52. The van der Waals surface area contributed by atoms with Gasteiger partial charge in [0.25, 0.3) is 0 Å². The highest BCUT2D eigenvalue weighted by Gasteiger charge is 2.17. The zero-order valence-electron chi connectivity index (χ0n) is 10.7. The monoisotopic (exact) mass is 304 g/mol. The number of amides is 1. The predicted molar refractivity (Wildman–Crippen MR) is 81.7 cm³/mol. The number of benzene rings is 1. The summed E-state index contributed by atoms with van der Waals surface area (Å²) in [5, 5.41) is 1.99. The lowest BCUT2D eigenvalue weighted by Crippen LogP contribution is -2.16. The molecule has 2 aromatic heterocycles. The van der Waals surface area contributed by atoms with Crippen LogP contribution in [-0.2, 0) is 0 Å². The Balaban J connectivity index is 2.01. The number of carbonyl (C=O) groups is 1. The molecule has 6 heteroatoms. The summed E-state index contributed by atoms with van der Waals surface area (Å²) in [7, 11) is 0. The van der Waals surface area contributed by atoms with Gasteiger partial charge in [0, 0.05) is 4.90 Å². The van der Waals surface area contributed by atoms with E-state index in [-0.39, 0.29) is 0 Å². The van der Waals surface area contributed by atoms with Crippen molar-refractivity contribution in [3.8, 4) is 5.88 Å². The van der Waals surface area contributed by atoms with Crippen molar-refractivity contribution in [2.24, 2.45) is 5.73 Å². The normalized spacial score (nSPS) is 10.8. The molecule has 0 fully saturated rings. The van der Waals surface area contributed by atoms with Gasteiger partial charge in [-0.1, -0.05) is 29.5 Å². The minimum Gasteiger partial charge on any atom is -0.392 e. The van der Waals surface area contributed by atoms with Gasteiger partial charge in [0.15, 0.2) is 0 Å². The Morgan fingerprint density at radius 1 is 1.30 bits per heavy atom. The van der Waals surface area contributed by atoms with Gasteiger partial charge in [-0.15, -0.1) is 11.3 Å². The van der Waals surface area contributed by atoms with E-state index in [0.717, 1.165) is 20.0 Å². The molecule has 0 saturated heterocycles. The van der Waals surface area contributed by atoms with Gasteiger partial charge >= 0.3 is 6.09 Å². The van der Waals surface area contributed by atoms with Gasteiger partial charge in [0.2, 0.25) is 5.88 Å². The molecule has 0 aliphatic carbocycles. The summed E-state index contributed by atoms with van der Waals surface area (Å²) < 4.78 is 6.12. The highest BCUT2D eigenvalue weighted by atomic mass is 32.2. The lowest BCUT2D eigenvalue weighted by atomic mass is 10.2. The van der Waals surface area contributed by atoms with Crippen LogP contribution in [0.15, 0.2) is 45.5 Å². The molecule has 20 heavy (non-hydrogen) atoms. The predicted octanol–water partition coefficient (Wildman–Crippen LogP) is 4.15. The standard InChI is InChI=1S/C14H12N2O2S2/c1-8-2-4-9(5-3-8)20-12-11-10(6-7-19-11)16-13(12)18-14(15)17/h2-7,16H,1H3,(H2,15,17). The molecule has 102 valence electrons. The van der Waals surface area contributed by atoms with Gasteiger partial charge in [0.1, 0.15) is 0 Å². The van der Waals surface area contributed by atoms with E-state index in [1.54, 1.807) is 23.1 Å². The number of thiophene rings is 1. The van der Waals surface area contributed by atoms with Gasteiger partial charge in [-0.2, -0.15) is 0 Å². The Morgan fingerprint density at radius 3 is 2.75 bits per heavy atom. The molecule has 0 aliphatic heterocycles. The largest absolute Gasteiger partial charge is 0.411 e. The average Bonchev–Trinajstić information content (AvgIpc) is 2.95. The fourth-order valence-electron chi connectivity index (χ4n) is 1.86. The summed E-state index contributed by atoms with van der Waals surface area (Å²) in [5.41, 5.74) is 7.26. The summed E-state index contributed by atoms with van der Waals surface area (Å²) >= 11 is 3.15. The Hall–Kier alpha value is -1.92. The highest BCUT2D eigenvalue weighted by Crippen LogP contribution is 2.42.